The number of hydrogen-bond acceptors (Lipinski definition) is 6. The number of aromatic hydroxyl groups is 1. The van der Waals surface area contributed by atoms with Crippen molar-refractivity contribution >= 4 is 39.8 Å². The summed E-state index contributed by atoms with van der Waals surface area (Å²) in [5.41, 5.74) is 2.25. The van der Waals surface area contributed by atoms with E-state index in [4.69, 9.17) is 12.2 Å². The predicted octanol–water partition coefficient (Wildman–Crippen LogP) is 3.31. The lowest BCUT2D eigenvalue weighted by Crippen LogP contribution is -2.13. The smallest absolute Gasteiger partial charge is 0.264 e. The van der Waals surface area contributed by atoms with Crippen LogP contribution in [0.4, 0.5) is 11.4 Å². The van der Waals surface area contributed by atoms with E-state index < -0.39 is 21.5 Å². The Morgan fingerprint density at radius 3 is 2.38 bits per heavy atom. The lowest BCUT2D eigenvalue weighted by molar-refractivity contribution is 0.449. The molecule has 150 valence electrons. The molecule has 0 atom stereocenters. The number of sulfonamides is 1. The van der Waals surface area contributed by atoms with E-state index in [0.717, 1.165) is 17.3 Å². The van der Waals surface area contributed by atoms with Crippen molar-refractivity contribution in [2.75, 3.05) is 4.72 Å². The van der Waals surface area contributed by atoms with Crippen LogP contribution in [-0.2, 0) is 10.0 Å². The third kappa shape index (κ3) is 4.79. The van der Waals surface area contributed by atoms with Gasteiger partial charge in [-0.15, -0.1) is 0 Å². The summed E-state index contributed by atoms with van der Waals surface area (Å²) in [5, 5.41) is 9.76. The Labute approximate surface area is 172 Å². The standard InChI is InChI=1S/C19H18N4O4S2/c1-11-3-4-14(9-12(11)2)23-29(26,27)15-7-5-13(6-8-15)20-10-16-17(24)21-19(28)22-18(16)25/h3-10,23H,1-2H3,(H3,21,22,24,25,28). The number of hydrogen-bond donors (Lipinski definition) is 4. The molecule has 3 aromatic rings. The van der Waals surface area contributed by atoms with Crippen molar-refractivity contribution in [1.82, 2.24) is 9.97 Å². The highest BCUT2D eigenvalue weighted by atomic mass is 32.2. The molecule has 0 spiro atoms. The Balaban J connectivity index is 1.81. The molecule has 10 heteroatoms. The summed E-state index contributed by atoms with van der Waals surface area (Å²) < 4.78 is 27.7. The summed E-state index contributed by atoms with van der Waals surface area (Å²) in [6.45, 7) is 3.85. The quantitative estimate of drug-likeness (QED) is 0.365. The van der Waals surface area contributed by atoms with Gasteiger partial charge in [0.2, 0.25) is 5.88 Å². The topological polar surface area (TPSA) is 127 Å². The molecule has 3 rings (SSSR count). The zero-order chi connectivity index (χ0) is 21.2. The molecule has 1 aromatic heterocycles. The molecule has 2 aromatic carbocycles. The van der Waals surface area contributed by atoms with Crippen molar-refractivity contribution in [1.29, 1.82) is 0 Å². The van der Waals surface area contributed by atoms with Crippen molar-refractivity contribution < 1.29 is 13.5 Å². The summed E-state index contributed by atoms with van der Waals surface area (Å²) >= 11 is 4.76. The maximum atomic E-state index is 12.6. The summed E-state index contributed by atoms with van der Waals surface area (Å²) in [7, 11) is -3.76. The molecule has 0 aliphatic rings. The minimum Gasteiger partial charge on any atom is -0.494 e. The predicted molar refractivity (Wildman–Crippen MR) is 114 cm³/mol. The Morgan fingerprint density at radius 1 is 1.07 bits per heavy atom. The highest BCUT2D eigenvalue weighted by Gasteiger charge is 2.14. The number of nitrogens with zero attached hydrogens (tertiary/aromatic N) is 1. The van der Waals surface area contributed by atoms with Crippen molar-refractivity contribution in [2.45, 2.75) is 18.7 Å². The van der Waals surface area contributed by atoms with Crippen LogP contribution in [0.25, 0.3) is 0 Å². The molecule has 0 saturated carbocycles. The van der Waals surface area contributed by atoms with Gasteiger partial charge in [-0.1, -0.05) is 6.07 Å². The van der Waals surface area contributed by atoms with Gasteiger partial charge in [0.15, 0.2) is 4.77 Å². The van der Waals surface area contributed by atoms with Crippen molar-refractivity contribution in [3.8, 4) is 5.88 Å². The minimum absolute atomic E-state index is 0.00419. The number of aromatic nitrogens is 2. The van der Waals surface area contributed by atoms with Crippen molar-refractivity contribution in [3.63, 3.8) is 0 Å². The molecule has 1 heterocycles. The molecular formula is C19H18N4O4S2. The molecule has 0 radical (unpaired) electrons. The van der Waals surface area contributed by atoms with Crippen LogP contribution in [0.3, 0.4) is 0 Å². The first-order valence-electron chi connectivity index (χ1n) is 8.45. The number of aromatic amines is 2. The fraction of sp³-hybridized carbons (Fsp3) is 0.105. The second-order valence-corrected chi connectivity index (χ2v) is 8.42. The summed E-state index contributed by atoms with van der Waals surface area (Å²) in [6.07, 6.45) is 1.16. The number of nitrogens with one attached hydrogen (secondary N) is 3. The third-order valence-corrected chi connectivity index (χ3v) is 5.81. The van der Waals surface area contributed by atoms with E-state index in [1.165, 1.54) is 24.3 Å². The summed E-state index contributed by atoms with van der Waals surface area (Å²) in [5.74, 6) is -0.403. The van der Waals surface area contributed by atoms with Gasteiger partial charge in [0.1, 0.15) is 5.56 Å². The molecular weight excluding hydrogens is 412 g/mol. The van der Waals surface area contributed by atoms with Gasteiger partial charge in [0, 0.05) is 11.9 Å². The second-order valence-electron chi connectivity index (χ2n) is 6.33. The van der Waals surface area contributed by atoms with Gasteiger partial charge in [0.25, 0.3) is 15.6 Å². The maximum absolute atomic E-state index is 12.6. The molecule has 0 saturated heterocycles. The monoisotopic (exact) mass is 430 g/mol. The number of aryl methyl sites for hydroxylation is 2. The number of rotatable bonds is 5. The van der Waals surface area contributed by atoms with Gasteiger partial charge in [-0.25, -0.2) is 8.42 Å². The minimum atomic E-state index is -3.76. The molecule has 0 aliphatic heterocycles. The number of H-pyrrole nitrogens is 2. The SMILES string of the molecule is Cc1ccc(NS(=O)(=O)c2ccc(N=Cc3c(O)[nH]c(=S)[nH]c3=O)cc2)cc1C. The van der Waals surface area contributed by atoms with Gasteiger partial charge in [-0.05, 0) is 73.6 Å². The number of anilines is 1. The average Bonchev–Trinajstić information content (AvgIpc) is 2.64. The Bertz CT molecular complexity index is 1310. The van der Waals surface area contributed by atoms with E-state index in [2.05, 4.69) is 19.7 Å². The maximum Gasteiger partial charge on any atom is 0.264 e. The van der Waals surface area contributed by atoms with E-state index in [0.29, 0.717) is 11.4 Å². The average molecular weight is 431 g/mol. The highest BCUT2D eigenvalue weighted by Crippen LogP contribution is 2.21. The number of aliphatic imine (C=N–C) groups is 1. The molecule has 0 bridgehead atoms. The molecule has 0 unspecified atom stereocenters. The first-order chi connectivity index (χ1) is 13.7. The van der Waals surface area contributed by atoms with Crippen LogP contribution in [-0.4, -0.2) is 29.7 Å². The van der Waals surface area contributed by atoms with Gasteiger partial charge in [-0.2, -0.15) is 0 Å². The van der Waals surface area contributed by atoms with Gasteiger partial charge < -0.3 is 10.1 Å². The lowest BCUT2D eigenvalue weighted by atomic mass is 10.1. The first-order valence-corrected chi connectivity index (χ1v) is 10.3. The van der Waals surface area contributed by atoms with Crippen LogP contribution in [0.15, 0.2) is 57.1 Å². The largest absolute Gasteiger partial charge is 0.494 e. The Morgan fingerprint density at radius 2 is 1.76 bits per heavy atom. The first kappa shape index (κ1) is 20.5. The number of benzene rings is 2. The molecule has 0 aliphatic carbocycles. The van der Waals surface area contributed by atoms with E-state index in [1.807, 2.05) is 19.9 Å². The normalized spacial score (nSPS) is 11.7. The molecule has 4 N–H and O–H groups in total. The van der Waals surface area contributed by atoms with E-state index in [-0.39, 0.29) is 15.2 Å². The van der Waals surface area contributed by atoms with Gasteiger partial charge in [-0.3, -0.25) is 19.5 Å². The third-order valence-electron chi connectivity index (χ3n) is 4.21. The fourth-order valence-corrected chi connectivity index (χ4v) is 3.71. The summed E-state index contributed by atoms with van der Waals surface area (Å²) in [6, 6.07) is 11.1. The van der Waals surface area contributed by atoms with Crippen LogP contribution in [0.2, 0.25) is 0 Å². The summed E-state index contributed by atoms with van der Waals surface area (Å²) in [4.78, 5) is 20.7. The van der Waals surface area contributed by atoms with E-state index >= 15 is 0 Å². The van der Waals surface area contributed by atoms with E-state index in [1.54, 1.807) is 12.1 Å². The van der Waals surface area contributed by atoms with Crippen LogP contribution >= 0.6 is 12.2 Å². The van der Waals surface area contributed by atoms with E-state index in [9.17, 15) is 18.3 Å². The van der Waals surface area contributed by atoms with Crippen molar-refractivity contribution in [2.24, 2.45) is 4.99 Å². The second kappa shape index (κ2) is 8.02. The highest BCUT2D eigenvalue weighted by molar-refractivity contribution is 7.92. The van der Waals surface area contributed by atoms with Crippen LogP contribution in [0, 0.1) is 18.6 Å². The van der Waals surface area contributed by atoms with Gasteiger partial charge >= 0.3 is 0 Å². The molecule has 8 nitrogen and oxygen atoms in total. The zero-order valence-electron chi connectivity index (χ0n) is 15.6. The molecule has 0 amide bonds. The fourth-order valence-electron chi connectivity index (χ4n) is 2.47. The molecule has 29 heavy (non-hydrogen) atoms. The van der Waals surface area contributed by atoms with Gasteiger partial charge in [0.05, 0.1) is 10.6 Å². The van der Waals surface area contributed by atoms with Crippen LogP contribution < -0.4 is 10.3 Å². The van der Waals surface area contributed by atoms with Crippen LogP contribution in [0.5, 0.6) is 5.88 Å². The zero-order valence-corrected chi connectivity index (χ0v) is 17.2. The Hall–Kier alpha value is -3.24. The molecule has 0 fully saturated rings. The lowest BCUT2D eigenvalue weighted by Gasteiger charge is -2.10. The Kier molecular flexibility index (Phi) is 5.66. The van der Waals surface area contributed by atoms with Crippen molar-refractivity contribution in [3.05, 3.63) is 74.3 Å². The van der Waals surface area contributed by atoms with Crippen LogP contribution in [0.1, 0.15) is 16.7 Å².